The monoisotopic (exact) mass is 458 g/mol. The molecule has 4 aromatic rings. The fourth-order valence-corrected chi connectivity index (χ4v) is 3.60. The van der Waals surface area contributed by atoms with Gasteiger partial charge in [0, 0.05) is 16.5 Å². The van der Waals surface area contributed by atoms with Gasteiger partial charge in [0.2, 0.25) is 0 Å². The number of ether oxygens (including phenoxy) is 1. The molecule has 0 radical (unpaired) electrons. The summed E-state index contributed by atoms with van der Waals surface area (Å²) in [5.41, 5.74) is 4.88. The second kappa shape index (κ2) is 9.76. The van der Waals surface area contributed by atoms with Crippen LogP contribution in [0.3, 0.4) is 0 Å². The van der Waals surface area contributed by atoms with Crippen LogP contribution in [0.2, 0.25) is 5.02 Å². The highest BCUT2D eigenvalue weighted by molar-refractivity contribution is 6.32. The standard InChI is InChI=1S/C27H23ClN2O3/c1-17(2)18-7-11-21(12-8-18)33-26-14-10-20(22-5-3-4-6-23(22)26)16-29-30-27(32)19-9-13-25(31)24(28)15-19/h3-17,31H,1-2H3,(H,30,32)/b29-16+. The highest BCUT2D eigenvalue weighted by atomic mass is 35.5. The van der Waals surface area contributed by atoms with Crippen LogP contribution < -0.4 is 10.2 Å². The molecule has 0 heterocycles. The Balaban J connectivity index is 1.54. The lowest BCUT2D eigenvalue weighted by atomic mass is 10.0. The second-order valence-corrected chi connectivity index (χ2v) is 8.30. The van der Waals surface area contributed by atoms with Crippen molar-refractivity contribution in [1.82, 2.24) is 5.43 Å². The van der Waals surface area contributed by atoms with Crippen molar-refractivity contribution in [3.8, 4) is 17.2 Å². The zero-order chi connectivity index (χ0) is 23.4. The molecule has 0 aliphatic rings. The lowest BCUT2D eigenvalue weighted by Crippen LogP contribution is -2.17. The van der Waals surface area contributed by atoms with E-state index in [9.17, 15) is 9.90 Å². The van der Waals surface area contributed by atoms with Gasteiger partial charge in [-0.1, -0.05) is 61.8 Å². The van der Waals surface area contributed by atoms with Gasteiger partial charge in [-0.15, -0.1) is 0 Å². The number of carbonyl (C=O) groups is 1. The Bertz CT molecular complexity index is 1330. The first-order valence-corrected chi connectivity index (χ1v) is 10.9. The van der Waals surface area contributed by atoms with Gasteiger partial charge in [-0.25, -0.2) is 5.43 Å². The van der Waals surface area contributed by atoms with Crippen LogP contribution in [0.4, 0.5) is 0 Å². The third-order valence-corrected chi connectivity index (χ3v) is 5.57. The summed E-state index contributed by atoms with van der Waals surface area (Å²) in [4.78, 5) is 12.3. The molecule has 33 heavy (non-hydrogen) atoms. The smallest absolute Gasteiger partial charge is 0.271 e. The fraction of sp³-hybridized carbons (Fsp3) is 0.111. The van der Waals surface area contributed by atoms with Crippen LogP contribution in [0, 0.1) is 0 Å². The summed E-state index contributed by atoms with van der Waals surface area (Å²) in [6.45, 7) is 4.32. The van der Waals surface area contributed by atoms with Gasteiger partial charge < -0.3 is 9.84 Å². The third kappa shape index (κ3) is 5.16. The molecule has 1 amide bonds. The Morgan fingerprint density at radius 3 is 2.42 bits per heavy atom. The molecule has 4 rings (SSSR count). The molecule has 6 heteroatoms. The summed E-state index contributed by atoms with van der Waals surface area (Å²) in [7, 11) is 0. The number of fused-ring (bicyclic) bond motifs is 1. The van der Waals surface area contributed by atoms with E-state index >= 15 is 0 Å². The normalized spacial score (nSPS) is 11.3. The molecule has 166 valence electrons. The SMILES string of the molecule is CC(C)c1ccc(Oc2ccc(/C=N/NC(=O)c3ccc(O)c(Cl)c3)c3ccccc23)cc1. The van der Waals surface area contributed by atoms with Crippen molar-refractivity contribution in [2.45, 2.75) is 19.8 Å². The first kappa shape index (κ1) is 22.4. The van der Waals surface area contributed by atoms with Crippen molar-refractivity contribution in [2.24, 2.45) is 5.10 Å². The van der Waals surface area contributed by atoms with Crippen LogP contribution in [-0.2, 0) is 0 Å². The van der Waals surface area contributed by atoms with Gasteiger partial charge >= 0.3 is 0 Å². The molecular formula is C27H23ClN2O3. The van der Waals surface area contributed by atoms with Gasteiger partial charge in [0.25, 0.3) is 5.91 Å². The van der Waals surface area contributed by atoms with Gasteiger partial charge in [0.05, 0.1) is 11.2 Å². The van der Waals surface area contributed by atoms with Crippen molar-refractivity contribution in [1.29, 1.82) is 0 Å². The van der Waals surface area contributed by atoms with E-state index in [-0.39, 0.29) is 10.8 Å². The van der Waals surface area contributed by atoms with Crippen molar-refractivity contribution < 1.29 is 14.6 Å². The lowest BCUT2D eigenvalue weighted by molar-refractivity contribution is 0.0955. The maximum atomic E-state index is 12.3. The summed E-state index contributed by atoms with van der Waals surface area (Å²) < 4.78 is 6.16. The zero-order valence-electron chi connectivity index (χ0n) is 18.2. The van der Waals surface area contributed by atoms with Gasteiger partial charge in [0.15, 0.2) is 0 Å². The lowest BCUT2D eigenvalue weighted by Gasteiger charge is -2.12. The van der Waals surface area contributed by atoms with E-state index in [0.717, 1.165) is 27.8 Å². The Kier molecular flexibility index (Phi) is 6.61. The number of phenols is 1. The summed E-state index contributed by atoms with van der Waals surface area (Å²) >= 11 is 5.87. The Morgan fingerprint density at radius 2 is 1.73 bits per heavy atom. The molecule has 0 bridgehead atoms. The number of halogens is 1. The Morgan fingerprint density at radius 1 is 1.00 bits per heavy atom. The van der Waals surface area contributed by atoms with Gasteiger partial charge in [0.1, 0.15) is 17.2 Å². The minimum Gasteiger partial charge on any atom is -0.506 e. The first-order valence-electron chi connectivity index (χ1n) is 10.5. The van der Waals surface area contributed by atoms with Crippen molar-refractivity contribution >= 4 is 34.5 Å². The number of hydrazone groups is 1. The molecule has 0 aliphatic carbocycles. The Hall–Kier alpha value is -3.83. The molecule has 0 aromatic heterocycles. The molecule has 4 aromatic carbocycles. The number of rotatable bonds is 6. The molecule has 0 unspecified atom stereocenters. The van der Waals surface area contributed by atoms with Crippen LogP contribution >= 0.6 is 11.6 Å². The molecule has 0 spiro atoms. The molecular weight excluding hydrogens is 436 g/mol. The predicted molar refractivity (Wildman–Crippen MR) is 133 cm³/mol. The van der Waals surface area contributed by atoms with E-state index in [0.29, 0.717) is 11.5 Å². The van der Waals surface area contributed by atoms with E-state index in [2.05, 4.69) is 36.5 Å². The van der Waals surface area contributed by atoms with Gasteiger partial charge in [-0.2, -0.15) is 5.10 Å². The number of hydrogen-bond acceptors (Lipinski definition) is 4. The van der Waals surface area contributed by atoms with E-state index < -0.39 is 5.91 Å². The number of amides is 1. The largest absolute Gasteiger partial charge is 0.506 e. The van der Waals surface area contributed by atoms with E-state index in [1.165, 1.54) is 23.8 Å². The summed E-state index contributed by atoms with van der Waals surface area (Å²) in [5, 5.41) is 15.6. The number of hydrogen-bond donors (Lipinski definition) is 2. The fourth-order valence-electron chi connectivity index (χ4n) is 3.42. The molecule has 0 atom stereocenters. The van der Waals surface area contributed by atoms with E-state index in [4.69, 9.17) is 16.3 Å². The molecule has 0 fully saturated rings. The summed E-state index contributed by atoms with van der Waals surface area (Å²) in [6, 6.07) is 24.0. The minimum absolute atomic E-state index is 0.0821. The molecule has 0 saturated heterocycles. The summed E-state index contributed by atoms with van der Waals surface area (Å²) in [5.74, 6) is 1.46. The average molecular weight is 459 g/mol. The molecule has 2 N–H and O–H groups in total. The highest BCUT2D eigenvalue weighted by Gasteiger charge is 2.09. The maximum absolute atomic E-state index is 12.3. The van der Waals surface area contributed by atoms with Crippen molar-refractivity contribution in [3.63, 3.8) is 0 Å². The van der Waals surface area contributed by atoms with Crippen LogP contribution in [0.5, 0.6) is 17.2 Å². The number of carbonyl (C=O) groups excluding carboxylic acids is 1. The van der Waals surface area contributed by atoms with Gasteiger partial charge in [-0.3, -0.25) is 4.79 Å². The van der Waals surface area contributed by atoms with Crippen molar-refractivity contribution in [2.75, 3.05) is 0 Å². The van der Waals surface area contributed by atoms with Crippen molar-refractivity contribution in [3.05, 3.63) is 101 Å². The average Bonchev–Trinajstić information content (AvgIpc) is 2.82. The topological polar surface area (TPSA) is 70.9 Å². The quantitative estimate of drug-likeness (QED) is 0.244. The molecule has 5 nitrogen and oxygen atoms in total. The number of benzene rings is 4. The number of phenolic OH excluding ortho intramolecular Hbond substituents is 1. The van der Waals surface area contributed by atoms with E-state index in [1.807, 2.05) is 48.5 Å². The Labute approximate surface area is 197 Å². The molecule has 0 aliphatic heterocycles. The maximum Gasteiger partial charge on any atom is 0.271 e. The molecule has 0 saturated carbocycles. The minimum atomic E-state index is -0.428. The van der Waals surface area contributed by atoms with Crippen LogP contribution in [0.25, 0.3) is 10.8 Å². The predicted octanol–water partition coefficient (Wildman–Crippen LogP) is 6.88. The summed E-state index contributed by atoms with van der Waals surface area (Å²) in [6.07, 6.45) is 1.59. The van der Waals surface area contributed by atoms with Crippen LogP contribution in [0.15, 0.2) is 84.0 Å². The van der Waals surface area contributed by atoms with Crippen LogP contribution in [0.1, 0.15) is 41.3 Å². The highest BCUT2D eigenvalue weighted by Crippen LogP contribution is 2.32. The number of nitrogens with one attached hydrogen (secondary N) is 1. The first-order chi connectivity index (χ1) is 15.9. The third-order valence-electron chi connectivity index (χ3n) is 5.27. The second-order valence-electron chi connectivity index (χ2n) is 7.89. The van der Waals surface area contributed by atoms with Crippen LogP contribution in [-0.4, -0.2) is 17.2 Å². The zero-order valence-corrected chi connectivity index (χ0v) is 19.0. The van der Waals surface area contributed by atoms with Gasteiger partial charge in [-0.05, 0) is 59.3 Å². The van der Waals surface area contributed by atoms with E-state index in [1.54, 1.807) is 6.21 Å². The number of aromatic hydroxyl groups is 1. The number of nitrogens with zero attached hydrogens (tertiary/aromatic N) is 1.